The standard InChI is InChI=1S/C5H9BO4P/c1-8-11(7)10-4-2-5(6)9-3-4/h4-5H,2-3H2,1H3/q+1. The fraction of sp³-hybridized carbons (Fsp3) is 1.00. The van der Waals surface area contributed by atoms with Crippen molar-refractivity contribution in [2.75, 3.05) is 13.7 Å². The highest BCUT2D eigenvalue weighted by atomic mass is 31.1. The number of hydrogen-bond donors (Lipinski definition) is 0. The molecule has 2 radical (unpaired) electrons. The average molecular weight is 175 g/mol. The smallest absolute Gasteiger partial charge is 0.385 e. The second kappa shape index (κ2) is 4.17. The molecule has 11 heavy (non-hydrogen) atoms. The van der Waals surface area contributed by atoms with Crippen LogP contribution < -0.4 is 0 Å². The lowest BCUT2D eigenvalue weighted by Gasteiger charge is -1.95. The molecule has 0 bridgehead atoms. The van der Waals surface area contributed by atoms with Crippen molar-refractivity contribution in [1.82, 2.24) is 0 Å². The van der Waals surface area contributed by atoms with Gasteiger partial charge in [0.05, 0.1) is 13.7 Å². The van der Waals surface area contributed by atoms with Gasteiger partial charge in [0.15, 0.2) is 0 Å². The Hall–Kier alpha value is 0.0449. The molecule has 0 spiro atoms. The van der Waals surface area contributed by atoms with Gasteiger partial charge in [0.25, 0.3) is 0 Å². The zero-order chi connectivity index (χ0) is 8.27. The summed E-state index contributed by atoms with van der Waals surface area (Å²) in [5, 5.41) is 0. The molecule has 6 heteroatoms. The Morgan fingerprint density at radius 3 is 2.91 bits per heavy atom. The average Bonchev–Trinajstić information content (AvgIpc) is 2.35. The Balaban J connectivity index is 2.23. The summed E-state index contributed by atoms with van der Waals surface area (Å²) in [6.45, 7) is 0.394. The van der Waals surface area contributed by atoms with Crippen LogP contribution in [-0.4, -0.2) is 33.7 Å². The van der Waals surface area contributed by atoms with Gasteiger partial charge >= 0.3 is 8.25 Å². The van der Waals surface area contributed by atoms with E-state index in [-0.39, 0.29) is 12.1 Å². The summed E-state index contributed by atoms with van der Waals surface area (Å²) in [7, 11) is 4.74. The molecule has 0 aromatic heterocycles. The van der Waals surface area contributed by atoms with Crippen LogP contribution in [0.4, 0.5) is 0 Å². The van der Waals surface area contributed by atoms with Crippen molar-refractivity contribution in [3.63, 3.8) is 0 Å². The molecular formula is C5H9BO4P+. The van der Waals surface area contributed by atoms with E-state index in [1.165, 1.54) is 7.11 Å². The molecular weight excluding hydrogens is 166 g/mol. The minimum absolute atomic E-state index is 0.187. The maximum Gasteiger partial charge on any atom is 0.697 e. The van der Waals surface area contributed by atoms with Crippen LogP contribution in [0.2, 0.25) is 0 Å². The van der Waals surface area contributed by atoms with Crippen LogP contribution in [0, 0.1) is 0 Å². The first-order valence-electron chi connectivity index (χ1n) is 3.27. The van der Waals surface area contributed by atoms with E-state index in [0.29, 0.717) is 13.0 Å². The minimum Gasteiger partial charge on any atom is -0.385 e. The molecule has 0 aromatic rings. The predicted octanol–water partition coefficient (Wildman–Crippen LogP) is 0.590. The van der Waals surface area contributed by atoms with E-state index in [0.717, 1.165) is 0 Å². The largest absolute Gasteiger partial charge is 0.697 e. The van der Waals surface area contributed by atoms with Gasteiger partial charge in [-0.05, 0) is 6.42 Å². The first-order valence-corrected chi connectivity index (χ1v) is 4.37. The van der Waals surface area contributed by atoms with E-state index in [9.17, 15) is 4.57 Å². The lowest BCUT2D eigenvalue weighted by Crippen LogP contribution is -2.08. The van der Waals surface area contributed by atoms with Crippen LogP contribution in [0.3, 0.4) is 0 Å². The molecule has 0 saturated carbocycles. The van der Waals surface area contributed by atoms with Crippen LogP contribution in [0.15, 0.2) is 0 Å². The number of rotatable bonds is 3. The van der Waals surface area contributed by atoms with Crippen LogP contribution >= 0.6 is 8.25 Å². The van der Waals surface area contributed by atoms with Gasteiger partial charge in [-0.2, -0.15) is 0 Å². The van der Waals surface area contributed by atoms with Gasteiger partial charge in [0, 0.05) is 10.6 Å². The molecule has 60 valence electrons. The molecule has 0 aromatic carbocycles. The van der Waals surface area contributed by atoms with Crippen LogP contribution in [0.1, 0.15) is 6.42 Å². The van der Waals surface area contributed by atoms with Gasteiger partial charge in [-0.3, -0.25) is 0 Å². The summed E-state index contributed by atoms with van der Waals surface area (Å²) in [5.41, 5.74) is 0. The van der Waals surface area contributed by atoms with Gasteiger partial charge in [0.2, 0.25) is 0 Å². The zero-order valence-electron chi connectivity index (χ0n) is 6.23. The molecule has 1 rings (SSSR count). The van der Waals surface area contributed by atoms with E-state index < -0.39 is 8.25 Å². The third-order valence-corrected chi connectivity index (χ3v) is 2.14. The quantitative estimate of drug-likeness (QED) is 0.465. The lowest BCUT2D eigenvalue weighted by atomic mass is 9.97. The van der Waals surface area contributed by atoms with Crippen LogP contribution in [0.25, 0.3) is 0 Å². The Morgan fingerprint density at radius 2 is 2.45 bits per heavy atom. The molecule has 0 N–H and O–H groups in total. The third kappa shape index (κ3) is 2.87. The van der Waals surface area contributed by atoms with E-state index in [4.69, 9.17) is 17.1 Å². The summed E-state index contributed by atoms with van der Waals surface area (Å²) >= 11 is 0. The van der Waals surface area contributed by atoms with Crippen molar-refractivity contribution < 1.29 is 18.3 Å². The second-order valence-electron chi connectivity index (χ2n) is 2.24. The monoisotopic (exact) mass is 175 g/mol. The van der Waals surface area contributed by atoms with E-state index >= 15 is 0 Å². The van der Waals surface area contributed by atoms with Crippen LogP contribution in [-0.2, 0) is 18.3 Å². The number of ether oxygens (including phenoxy) is 1. The molecule has 4 nitrogen and oxygen atoms in total. The van der Waals surface area contributed by atoms with Crippen molar-refractivity contribution in [3.05, 3.63) is 0 Å². The summed E-state index contributed by atoms with van der Waals surface area (Å²) in [6, 6.07) is -0.291. The fourth-order valence-electron chi connectivity index (χ4n) is 0.864. The van der Waals surface area contributed by atoms with Crippen molar-refractivity contribution in [2.45, 2.75) is 18.5 Å². The van der Waals surface area contributed by atoms with Crippen molar-refractivity contribution in [2.24, 2.45) is 0 Å². The third-order valence-electron chi connectivity index (χ3n) is 1.38. The van der Waals surface area contributed by atoms with Gasteiger partial charge in [-0.15, -0.1) is 9.05 Å². The Morgan fingerprint density at radius 1 is 1.73 bits per heavy atom. The highest BCUT2D eigenvalue weighted by Gasteiger charge is 2.31. The van der Waals surface area contributed by atoms with Gasteiger partial charge in [-0.1, -0.05) is 0 Å². The summed E-state index contributed by atoms with van der Waals surface area (Å²) in [5.74, 6) is 0. The second-order valence-corrected chi connectivity index (χ2v) is 3.26. The van der Waals surface area contributed by atoms with E-state index in [1.54, 1.807) is 0 Å². The predicted molar refractivity (Wildman–Crippen MR) is 39.6 cm³/mol. The lowest BCUT2D eigenvalue weighted by molar-refractivity contribution is 0.123. The first kappa shape index (κ1) is 9.14. The molecule has 1 heterocycles. The molecule has 0 aliphatic carbocycles. The van der Waals surface area contributed by atoms with Crippen molar-refractivity contribution in [3.8, 4) is 0 Å². The van der Waals surface area contributed by atoms with Gasteiger partial charge < -0.3 is 4.74 Å². The van der Waals surface area contributed by atoms with Crippen LogP contribution in [0.5, 0.6) is 0 Å². The SMILES string of the molecule is [B]C1CC(O[P+](=O)OC)CO1. The first-order chi connectivity index (χ1) is 5.22. The molecule has 1 fully saturated rings. The highest BCUT2D eigenvalue weighted by Crippen LogP contribution is 2.28. The topological polar surface area (TPSA) is 44.8 Å². The summed E-state index contributed by atoms with van der Waals surface area (Å²) in [4.78, 5) is 0. The fourth-order valence-corrected chi connectivity index (χ4v) is 1.34. The summed E-state index contributed by atoms with van der Waals surface area (Å²) in [6.07, 6.45) is 0.387. The maximum absolute atomic E-state index is 10.7. The Labute approximate surface area is 67.6 Å². The minimum atomic E-state index is -1.99. The van der Waals surface area contributed by atoms with Gasteiger partial charge in [0.1, 0.15) is 14.0 Å². The summed E-state index contributed by atoms with van der Waals surface area (Å²) < 4.78 is 25.0. The van der Waals surface area contributed by atoms with E-state index in [2.05, 4.69) is 4.52 Å². The van der Waals surface area contributed by atoms with Crippen molar-refractivity contribution >= 4 is 16.1 Å². The maximum atomic E-state index is 10.7. The van der Waals surface area contributed by atoms with Gasteiger partial charge in [-0.25, -0.2) is 0 Å². The molecule has 3 unspecified atom stereocenters. The normalized spacial score (nSPS) is 32.3. The van der Waals surface area contributed by atoms with Crippen molar-refractivity contribution in [1.29, 1.82) is 0 Å². The Bertz CT molecular complexity index is 153. The molecule has 1 aliphatic heterocycles. The highest BCUT2D eigenvalue weighted by molar-refractivity contribution is 7.33. The molecule has 0 amide bonds. The van der Waals surface area contributed by atoms with E-state index in [1.807, 2.05) is 0 Å². The number of hydrogen-bond acceptors (Lipinski definition) is 4. The zero-order valence-corrected chi connectivity index (χ0v) is 7.12. The Kier molecular flexibility index (Phi) is 3.46. The molecule has 3 atom stereocenters. The molecule has 1 aliphatic rings. The molecule has 1 saturated heterocycles.